The Morgan fingerprint density at radius 3 is 2.42 bits per heavy atom. The molecule has 1 heterocycles. The van der Waals surface area contributed by atoms with E-state index in [1.165, 1.54) is 0 Å². The Bertz CT molecular complexity index is 351. The first-order chi connectivity index (χ1) is 5.29. The molecule has 0 radical (unpaired) electrons. The van der Waals surface area contributed by atoms with Crippen LogP contribution in [0.2, 0.25) is 0 Å². The van der Waals surface area contributed by atoms with Crippen LogP contribution in [0.25, 0.3) is 0 Å². The highest BCUT2D eigenvalue weighted by Crippen LogP contribution is 2.12. The topological polar surface area (TPSA) is 86.7 Å². The zero-order chi connectivity index (χ0) is 9.41. The third-order valence-electron chi connectivity index (χ3n) is 1.13. The van der Waals surface area contributed by atoms with Gasteiger partial charge in [0, 0.05) is 0 Å². The molecule has 1 rings (SSSR count). The van der Waals surface area contributed by atoms with Crippen LogP contribution in [-0.4, -0.2) is 41.6 Å². The molecule has 1 fully saturated rings. The molecule has 1 aliphatic heterocycles. The van der Waals surface area contributed by atoms with Gasteiger partial charge in [-0.15, -0.1) is 0 Å². The summed E-state index contributed by atoms with van der Waals surface area (Å²) < 4.78 is 51.0. The summed E-state index contributed by atoms with van der Waals surface area (Å²) in [5.74, 6) is -0.403. The maximum atomic E-state index is 10.6. The molecule has 1 atom stereocenters. The fraction of sp³-hybridized carbons (Fsp3) is 1.00. The van der Waals surface area contributed by atoms with Crippen molar-refractivity contribution in [1.29, 1.82) is 0 Å². The van der Waals surface area contributed by atoms with Gasteiger partial charge in [-0.1, -0.05) is 0 Å². The molecule has 1 aliphatic rings. The highest BCUT2D eigenvalue weighted by atomic mass is 32.2. The minimum Gasteiger partial charge on any atom is -0.267 e. The SMILES string of the molecule is CS(=O)(=O)OC1COS(=O)(=O)C1. The van der Waals surface area contributed by atoms with E-state index in [-0.39, 0.29) is 6.61 Å². The largest absolute Gasteiger partial charge is 0.270 e. The van der Waals surface area contributed by atoms with E-state index >= 15 is 0 Å². The van der Waals surface area contributed by atoms with E-state index in [2.05, 4.69) is 8.37 Å². The second kappa shape index (κ2) is 2.95. The molecular weight excluding hydrogens is 208 g/mol. The molecule has 8 heteroatoms. The van der Waals surface area contributed by atoms with Gasteiger partial charge in [0.15, 0.2) is 0 Å². The Balaban J connectivity index is 2.61. The molecule has 0 N–H and O–H groups in total. The molecule has 0 bridgehead atoms. The van der Waals surface area contributed by atoms with Crippen molar-refractivity contribution in [3.63, 3.8) is 0 Å². The van der Waals surface area contributed by atoms with Crippen molar-refractivity contribution >= 4 is 20.2 Å². The van der Waals surface area contributed by atoms with Crippen LogP contribution in [0.5, 0.6) is 0 Å². The molecule has 0 aromatic carbocycles. The van der Waals surface area contributed by atoms with Crippen LogP contribution in [0.4, 0.5) is 0 Å². The molecule has 12 heavy (non-hydrogen) atoms. The van der Waals surface area contributed by atoms with E-state index in [1.807, 2.05) is 0 Å². The van der Waals surface area contributed by atoms with Gasteiger partial charge >= 0.3 is 0 Å². The zero-order valence-corrected chi connectivity index (χ0v) is 7.89. The standard InChI is InChI=1S/C4H8O6S2/c1-11(5,6)10-4-2-9-12(7,8)3-4/h4H,2-3H2,1H3. The Hall–Kier alpha value is -0.180. The second-order valence-electron chi connectivity index (χ2n) is 2.43. The Morgan fingerprint density at radius 2 is 2.08 bits per heavy atom. The summed E-state index contributed by atoms with van der Waals surface area (Å²) in [6.45, 7) is -0.227. The first-order valence-electron chi connectivity index (χ1n) is 3.04. The van der Waals surface area contributed by atoms with Crippen LogP contribution in [0, 0.1) is 0 Å². The predicted octanol–water partition coefficient (Wildman–Crippen LogP) is -1.31. The summed E-state index contributed by atoms with van der Waals surface area (Å²) in [6.07, 6.45) is -0.0391. The van der Waals surface area contributed by atoms with Crippen molar-refractivity contribution in [2.75, 3.05) is 18.6 Å². The van der Waals surface area contributed by atoms with Gasteiger partial charge in [-0.05, 0) is 0 Å². The Kier molecular flexibility index (Phi) is 2.43. The third kappa shape index (κ3) is 3.05. The first kappa shape index (κ1) is 9.90. The number of hydrogen-bond acceptors (Lipinski definition) is 6. The molecule has 0 amide bonds. The average molecular weight is 216 g/mol. The second-order valence-corrected chi connectivity index (χ2v) is 5.72. The molecule has 1 unspecified atom stereocenters. The predicted molar refractivity (Wildman–Crippen MR) is 39.5 cm³/mol. The van der Waals surface area contributed by atoms with Gasteiger partial charge in [0.2, 0.25) is 0 Å². The fourth-order valence-corrected chi connectivity index (χ4v) is 2.59. The molecule has 0 saturated carbocycles. The lowest BCUT2D eigenvalue weighted by Gasteiger charge is -2.03. The van der Waals surface area contributed by atoms with Gasteiger partial charge in [-0.25, -0.2) is 0 Å². The van der Waals surface area contributed by atoms with Gasteiger partial charge in [-0.3, -0.25) is 8.37 Å². The van der Waals surface area contributed by atoms with Gasteiger partial charge in [0.1, 0.15) is 11.9 Å². The average Bonchev–Trinajstić information content (AvgIpc) is 2.05. The van der Waals surface area contributed by atoms with E-state index in [9.17, 15) is 16.8 Å². The van der Waals surface area contributed by atoms with Crippen LogP contribution in [0.3, 0.4) is 0 Å². The summed E-state index contributed by atoms with van der Waals surface area (Å²) >= 11 is 0. The normalized spacial score (nSPS) is 28.9. The van der Waals surface area contributed by atoms with Crippen LogP contribution >= 0.6 is 0 Å². The highest BCUT2D eigenvalue weighted by Gasteiger charge is 2.32. The highest BCUT2D eigenvalue weighted by molar-refractivity contribution is 7.87. The molecule has 0 aromatic heterocycles. The first-order valence-corrected chi connectivity index (χ1v) is 6.43. The van der Waals surface area contributed by atoms with Crippen molar-refractivity contribution in [2.24, 2.45) is 0 Å². The van der Waals surface area contributed by atoms with Crippen molar-refractivity contribution < 1.29 is 25.2 Å². The lowest BCUT2D eigenvalue weighted by molar-refractivity contribution is 0.187. The van der Waals surface area contributed by atoms with Crippen LogP contribution in [0.1, 0.15) is 0 Å². The fourth-order valence-electron chi connectivity index (χ4n) is 0.806. The number of hydrogen-bond donors (Lipinski definition) is 0. The number of rotatable bonds is 2. The van der Waals surface area contributed by atoms with E-state index in [4.69, 9.17) is 0 Å². The van der Waals surface area contributed by atoms with Crippen molar-refractivity contribution in [3.8, 4) is 0 Å². The summed E-state index contributed by atoms with van der Waals surface area (Å²) in [7, 11) is -7.16. The van der Waals surface area contributed by atoms with Crippen molar-refractivity contribution in [1.82, 2.24) is 0 Å². The van der Waals surface area contributed by atoms with Gasteiger partial charge in [-0.2, -0.15) is 16.8 Å². The minimum absolute atomic E-state index is 0.227. The summed E-state index contributed by atoms with van der Waals surface area (Å²) in [5.41, 5.74) is 0. The molecular formula is C4H8O6S2. The maximum absolute atomic E-state index is 10.6. The Labute approximate surface area is 70.7 Å². The molecule has 0 aliphatic carbocycles. The zero-order valence-electron chi connectivity index (χ0n) is 6.26. The maximum Gasteiger partial charge on any atom is 0.270 e. The molecule has 6 nitrogen and oxygen atoms in total. The van der Waals surface area contributed by atoms with E-state index in [0.29, 0.717) is 0 Å². The molecule has 0 aromatic rings. The van der Waals surface area contributed by atoms with Crippen LogP contribution in [0.15, 0.2) is 0 Å². The quantitative estimate of drug-likeness (QED) is 0.533. The van der Waals surface area contributed by atoms with Crippen molar-refractivity contribution in [2.45, 2.75) is 6.10 Å². The van der Waals surface area contributed by atoms with Gasteiger partial charge in [0.25, 0.3) is 20.2 Å². The molecule has 1 saturated heterocycles. The third-order valence-corrected chi connectivity index (χ3v) is 3.03. The molecule has 0 spiro atoms. The lowest BCUT2D eigenvalue weighted by Crippen LogP contribution is -2.20. The van der Waals surface area contributed by atoms with Crippen LogP contribution < -0.4 is 0 Å². The smallest absolute Gasteiger partial charge is 0.267 e. The van der Waals surface area contributed by atoms with Crippen molar-refractivity contribution in [3.05, 3.63) is 0 Å². The minimum atomic E-state index is -3.60. The van der Waals surface area contributed by atoms with E-state index in [1.54, 1.807) is 0 Å². The van der Waals surface area contributed by atoms with E-state index in [0.717, 1.165) is 6.26 Å². The monoisotopic (exact) mass is 216 g/mol. The molecule has 72 valence electrons. The Morgan fingerprint density at radius 1 is 1.50 bits per heavy atom. The van der Waals surface area contributed by atoms with Gasteiger partial charge < -0.3 is 0 Å². The summed E-state index contributed by atoms with van der Waals surface area (Å²) in [4.78, 5) is 0. The lowest BCUT2D eigenvalue weighted by atomic mass is 10.5. The van der Waals surface area contributed by atoms with Gasteiger partial charge in [0.05, 0.1) is 12.9 Å². The van der Waals surface area contributed by atoms with Crippen LogP contribution in [-0.2, 0) is 28.6 Å². The summed E-state index contributed by atoms with van der Waals surface area (Å²) in [6, 6.07) is 0. The van der Waals surface area contributed by atoms with E-state index < -0.39 is 32.1 Å². The summed E-state index contributed by atoms with van der Waals surface area (Å²) in [5, 5.41) is 0.